The van der Waals surface area contributed by atoms with Gasteiger partial charge in [-0.1, -0.05) is 57.4 Å². The number of aliphatic hydroxyl groups excluding tert-OH is 1. The summed E-state index contributed by atoms with van der Waals surface area (Å²) in [5, 5.41) is 15.3. The molecule has 5 fully saturated rings. The van der Waals surface area contributed by atoms with Crippen LogP contribution in [0, 0.1) is 29.1 Å². The van der Waals surface area contributed by atoms with Crippen molar-refractivity contribution in [3.63, 3.8) is 0 Å². The van der Waals surface area contributed by atoms with Crippen LogP contribution in [0.15, 0.2) is 11.1 Å². The number of fused-ring (bicyclic) bond motifs is 2. The van der Waals surface area contributed by atoms with Crippen LogP contribution in [0.2, 0.25) is 0 Å². The number of hydrogen-bond donors (Lipinski definition) is 4. The van der Waals surface area contributed by atoms with Crippen molar-refractivity contribution in [3.05, 3.63) is 11.1 Å². The van der Waals surface area contributed by atoms with Crippen LogP contribution in [0.4, 0.5) is 0 Å². The van der Waals surface area contributed by atoms with E-state index in [0.717, 1.165) is 95.0 Å². The average molecular weight is 646 g/mol. The molecular weight excluding hydrogens is 582 g/mol. The highest BCUT2D eigenvalue weighted by Crippen LogP contribution is 2.62. The van der Waals surface area contributed by atoms with Crippen molar-refractivity contribution in [1.29, 1.82) is 0 Å². The number of allylic oxidation sites excluding steroid dienone is 1. The molecule has 0 bridgehead atoms. The van der Waals surface area contributed by atoms with Crippen LogP contribution >= 0.6 is 0 Å². The molecule has 0 aromatic rings. The highest BCUT2D eigenvalue weighted by atomic mass is 16.7. The first kappa shape index (κ1) is 35.7. The molecule has 7 atom stereocenters. The van der Waals surface area contributed by atoms with Gasteiger partial charge in [0, 0.05) is 37.0 Å². The molecule has 46 heavy (non-hydrogen) atoms. The molecule has 4 unspecified atom stereocenters. The van der Waals surface area contributed by atoms with E-state index in [-0.39, 0.29) is 48.7 Å². The van der Waals surface area contributed by atoms with Crippen LogP contribution in [-0.4, -0.2) is 72.9 Å². The zero-order valence-corrected chi connectivity index (χ0v) is 29.0. The van der Waals surface area contributed by atoms with Gasteiger partial charge in [-0.3, -0.25) is 15.3 Å². The van der Waals surface area contributed by atoms with E-state index in [2.05, 4.69) is 31.4 Å². The predicted molar refractivity (Wildman–Crippen MR) is 175 cm³/mol. The summed E-state index contributed by atoms with van der Waals surface area (Å²) in [7, 11) is 0. The Morgan fingerprint density at radius 2 is 1.78 bits per heavy atom. The van der Waals surface area contributed by atoms with Gasteiger partial charge in [0.2, 0.25) is 0 Å². The lowest BCUT2D eigenvalue weighted by Gasteiger charge is -2.46. The van der Waals surface area contributed by atoms with Crippen molar-refractivity contribution in [1.82, 2.24) is 0 Å². The van der Waals surface area contributed by atoms with E-state index in [1.54, 1.807) is 0 Å². The number of ether oxygens (including phenoxy) is 2. The van der Waals surface area contributed by atoms with Crippen molar-refractivity contribution in [2.45, 2.75) is 141 Å². The van der Waals surface area contributed by atoms with E-state index in [1.165, 1.54) is 19.3 Å². The molecule has 2 saturated heterocycles. The number of Topliss-reactive ketones (excluding diaryl/α,β-unsaturated/α-hetero) is 2. The zero-order valence-electron chi connectivity index (χ0n) is 29.0. The van der Waals surface area contributed by atoms with Crippen LogP contribution < -0.4 is 16.4 Å². The van der Waals surface area contributed by atoms with Crippen LogP contribution in [0.5, 0.6) is 0 Å². The summed E-state index contributed by atoms with van der Waals surface area (Å²) in [5.74, 6) is -1.30. The number of quaternary nitrogens is 2. The minimum absolute atomic E-state index is 0.0785. The van der Waals surface area contributed by atoms with Gasteiger partial charge in [0.05, 0.1) is 32.8 Å². The summed E-state index contributed by atoms with van der Waals surface area (Å²) in [5.41, 5.74) is 4.90. The van der Waals surface area contributed by atoms with Gasteiger partial charge in [0.1, 0.15) is 6.17 Å². The number of esters is 1. The molecule has 9 nitrogen and oxygen atoms in total. The molecule has 0 amide bonds. The summed E-state index contributed by atoms with van der Waals surface area (Å²) in [4.78, 5) is 42.7. The minimum atomic E-state index is -1.89. The Bertz CT molecular complexity index is 1130. The van der Waals surface area contributed by atoms with Gasteiger partial charge in [-0.25, -0.2) is 4.79 Å². The van der Waals surface area contributed by atoms with E-state index < -0.39 is 29.0 Å². The molecule has 9 heteroatoms. The maximum atomic E-state index is 14.4. The van der Waals surface area contributed by atoms with E-state index in [4.69, 9.17) is 15.2 Å². The Balaban J connectivity index is 1.42. The first-order valence-corrected chi connectivity index (χ1v) is 18.8. The molecular formula is C37H63N3O6+2. The van der Waals surface area contributed by atoms with Crippen LogP contribution in [-0.2, 0) is 23.9 Å². The van der Waals surface area contributed by atoms with Crippen molar-refractivity contribution in [2.24, 2.45) is 34.8 Å². The Hall–Kier alpha value is -1.65. The number of rotatable bonds is 15. The van der Waals surface area contributed by atoms with Gasteiger partial charge >= 0.3 is 5.97 Å². The zero-order chi connectivity index (χ0) is 33.0. The average Bonchev–Trinajstić information content (AvgIpc) is 3.77. The quantitative estimate of drug-likeness (QED) is 0.0925. The SMILES string of the molecule is CCCC[C@H](C[NH2+]CC)COC(=O)[C@]12O[C@@]1(CC(CO)=C(C)CC1(C3CC[NH2+]C(N)C3)CCCCC1)C(=O)C1CCCCC1C2=O. The lowest BCUT2D eigenvalue weighted by Crippen LogP contribution is -2.95. The highest BCUT2D eigenvalue weighted by Gasteiger charge is 2.87. The number of carbonyl (C=O) groups is 3. The lowest BCUT2D eigenvalue weighted by atomic mass is 9.59. The van der Waals surface area contributed by atoms with Crippen LogP contribution in [0.1, 0.15) is 124 Å². The van der Waals surface area contributed by atoms with Gasteiger partial charge in [-0.2, -0.15) is 0 Å². The summed E-state index contributed by atoms with van der Waals surface area (Å²) in [6.45, 7) is 9.17. The molecule has 260 valence electrons. The van der Waals surface area contributed by atoms with E-state index in [1.807, 2.05) is 0 Å². The number of hydrogen-bond acceptors (Lipinski definition) is 7. The van der Waals surface area contributed by atoms with Crippen molar-refractivity contribution in [3.8, 4) is 0 Å². The number of piperidine rings is 1. The summed E-state index contributed by atoms with van der Waals surface area (Å²) in [6, 6.07) is 0. The molecule has 3 saturated carbocycles. The molecule has 3 aliphatic carbocycles. The van der Waals surface area contributed by atoms with Crippen LogP contribution in [0.25, 0.3) is 0 Å². The molecule has 0 aromatic carbocycles. The van der Waals surface area contributed by atoms with Crippen LogP contribution in [0.3, 0.4) is 0 Å². The molecule has 2 heterocycles. The number of ketones is 2. The molecule has 7 N–H and O–H groups in total. The Morgan fingerprint density at radius 3 is 2.43 bits per heavy atom. The van der Waals surface area contributed by atoms with Crippen molar-refractivity contribution >= 4 is 17.5 Å². The largest absolute Gasteiger partial charge is 0.463 e. The van der Waals surface area contributed by atoms with Gasteiger partial charge in [-0.15, -0.1) is 0 Å². The molecule has 0 aromatic heterocycles. The number of nitrogens with two attached hydrogens (primary N) is 3. The first-order valence-electron chi connectivity index (χ1n) is 18.8. The van der Waals surface area contributed by atoms with Gasteiger partial charge in [0.15, 0.2) is 17.2 Å². The van der Waals surface area contributed by atoms with E-state index >= 15 is 0 Å². The molecule has 5 rings (SSSR count). The van der Waals surface area contributed by atoms with E-state index in [0.29, 0.717) is 18.8 Å². The Labute approximate surface area is 276 Å². The fourth-order valence-electron chi connectivity index (χ4n) is 9.93. The number of carbonyl (C=O) groups excluding carboxylic acids is 3. The number of aliphatic hydroxyl groups is 1. The number of epoxide rings is 1. The molecule has 5 aliphatic rings. The second-order valence-electron chi connectivity index (χ2n) is 15.6. The van der Waals surface area contributed by atoms with Gasteiger partial charge in [0.25, 0.3) is 5.60 Å². The summed E-state index contributed by atoms with van der Waals surface area (Å²) in [6.07, 6.45) is 15.2. The second-order valence-corrected chi connectivity index (χ2v) is 15.6. The highest BCUT2D eigenvalue weighted by molar-refractivity contribution is 6.23. The third-order valence-electron chi connectivity index (χ3n) is 12.7. The lowest BCUT2D eigenvalue weighted by molar-refractivity contribution is -0.700. The van der Waals surface area contributed by atoms with Crippen molar-refractivity contribution in [2.75, 3.05) is 32.8 Å². The topological polar surface area (TPSA) is 152 Å². The summed E-state index contributed by atoms with van der Waals surface area (Å²) < 4.78 is 12.3. The maximum absolute atomic E-state index is 14.4. The Morgan fingerprint density at radius 1 is 1.07 bits per heavy atom. The Kier molecular flexibility index (Phi) is 11.8. The van der Waals surface area contributed by atoms with Gasteiger partial charge < -0.3 is 25.2 Å². The third kappa shape index (κ3) is 6.78. The monoisotopic (exact) mass is 645 g/mol. The fraction of sp³-hybridized carbons (Fsp3) is 0.865. The second kappa shape index (κ2) is 15.3. The predicted octanol–water partition coefficient (Wildman–Crippen LogP) is 2.68. The maximum Gasteiger partial charge on any atom is 0.350 e. The van der Waals surface area contributed by atoms with Gasteiger partial charge in [-0.05, 0) is 69.3 Å². The van der Waals surface area contributed by atoms with Crippen molar-refractivity contribution < 1.29 is 39.6 Å². The first-order chi connectivity index (χ1) is 22.2. The summed E-state index contributed by atoms with van der Waals surface area (Å²) >= 11 is 0. The fourth-order valence-corrected chi connectivity index (χ4v) is 9.93. The smallest absolute Gasteiger partial charge is 0.350 e. The van der Waals surface area contributed by atoms with E-state index in [9.17, 15) is 19.5 Å². The minimum Gasteiger partial charge on any atom is -0.463 e. The molecule has 0 radical (unpaired) electrons. The number of unbranched alkanes of at least 4 members (excludes halogenated alkanes) is 1. The molecule has 0 spiro atoms. The standard InChI is InChI=1S/C37H61N3O6/c1-4-6-12-26(22-39-5-2)24-45-34(44)37-33(43)30-14-9-8-13-29(30)32(42)36(37,46-37)21-27(23-41)25(3)20-35(16-10-7-11-17-35)28-15-18-40-31(38)19-28/h26,28-31,39-41H,4-24,38H2,1-3H3/p+2/t26-,28?,29?,30?,31?,36+,37+/m1/s1. The third-order valence-corrected chi connectivity index (χ3v) is 12.7. The normalized spacial score (nSPS) is 35.1. The molecule has 2 aliphatic heterocycles.